The highest BCUT2D eigenvalue weighted by Crippen LogP contribution is 2.45. The first-order chi connectivity index (χ1) is 16.2. The predicted molar refractivity (Wildman–Crippen MR) is 119 cm³/mol. The molecule has 2 unspecified atom stereocenters. The van der Waals surface area contributed by atoms with E-state index in [1.54, 1.807) is 23.1 Å². The van der Waals surface area contributed by atoms with E-state index in [1.165, 1.54) is 6.07 Å². The molecule has 2 aromatic carbocycles. The largest absolute Gasteiger partial charge is 0.489 e. The van der Waals surface area contributed by atoms with Gasteiger partial charge in [0, 0.05) is 37.1 Å². The number of carbonyl (C=O) groups excluding carboxylic acids is 1. The molecule has 0 aromatic heterocycles. The van der Waals surface area contributed by atoms with Gasteiger partial charge in [-0.05, 0) is 36.5 Å². The van der Waals surface area contributed by atoms with Crippen LogP contribution in [-0.2, 0) is 21.2 Å². The normalized spacial score (nSPS) is 24.2. The Bertz CT molecular complexity index is 1230. The van der Waals surface area contributed by atoms with Gasteiger partial charge in [0.2, 0.25) is 20.9 Å². The number of nitrogens with one attached hydrogen (secondary N) is 1. The number of hydrogen-bond acceptors (Lipinski definition) is 4. The smallest absolute Gasteiger partial charge is 0.247 e. The van der Waals surface area contributed by atoms with Crippen LogP contribution in [0.25, 0.3) is 11.1 Å². The molecule has 2 atom stereocenters. The molecule has 10 heteroatoms. The van der Waals surface area contributed by atoms with E-state index in [1.807, 2.05) is 6.07 Å². The molecule has 2 aliphatic heterocycles. The molecule has 1 saturated heterocycles. The van der Waals surface area contributed by atoms with Crippen molar-refractivity contribution in [1.82, 2.24) is 9.62 Å². The lowest BCUT2D eigenvalue weighted by Gasteiger charge is -2.42. The minimum atomic E-state index is -4.19. The van der Waals surface area contributed by atoms with E-state index in [0.717, 1.165) is 11.6 Å². The highest BCUT2D eigenvalue weighted by atomic mass is 32.2. The van der Waals surface area contributed by atoms with Crippen molar-refractivity contribution in [2.45, 2.75) is 55.6 Å². The van der Waals surface area contributed by atoms with Crippen LogP contribution in [0, 0.1) is 11.6 Å². The molecule has 1 amide bonds. The fourth-order valence-electron chi connectivity index (χ4n) is 4.84. The zero-order valence-corrected chi connectivity index (χ0v) is 19.2. The van der Waals surface area contributed by atoms with Gasteiger partial charge in [0.15, 0.2) is 11.6 Å². The van der Waals surface area contributed by atoms with Gasteiger partial charge in [-0.1, -0.05) is 24.3 Å². The summed E-state index contributed by atoms with van der Waals surface area (Å²) in [6, 6.07) is 7.76. The lowest BCUT2D eigenvalue weighted by Crippen LogP contribution is -2.59. The van der Waals surface area contributed by atoms with Gasteiger partial charge < -0.3 is 9.64 Å². The van der Waals surface area contributed by atoms with E-state index in [9.17, 15) is 26.4 Å². The number of fused-ring (bicyclic) bond motifs is 5. The van der Waals surface area contributed by atoms with Crippen molar-refractivity contribution in [1.29, 1.82) is 0 Å². The Morgan fingerprint density at radius 2 is 1.94 bits per heavy atom. The lowest BCUT2D eigenvalue weighted by molar-refractivity contribution is -0.136. The van der Waals surface area contributed by atoms with Gasteiger partial charge in [0.25, 0.3) is 0 Å². The fourth-order valence-corrected chi connectivity index (χ4v) is 6.37. The van der Waals surface area contributed by atoms with Crippen LogP contribution in [0.4, 0.5) is 13.2 Å². The molecular formula is C24H25F3N2O4S. The first-order valence-electron chi connectivity index (χ1n) is 11.4. The number of piperidine rings is 1. The number of benzene rings is 2. The maximum Gasteiger partial charge on any atom is 0.247 e. The van der Waals surface area contributed by atoms with Crippen LogP contribution < -0.4 is 9.46 Å². The third-order valence-electron chi connectivity index (χ3n) is 6.78. The van der Waals surface area contributed by atoms with Gasteiger partial charge in [-0.15, -0.1) is 0 Å². The van der Waals surface area contributed by atoms with Crippen molar-refractivity contribution in [2.24, 2.45) is 0 Å². The van der Waals surface area contributed by atoms with Crippen molar-refractivity contribution in [3.8, 4) is 16.9 Å². The lowest BCUT2D eigenvalue weighted by atomic mass is 9.90. The molecule has 1 aliphatic carbocycles. The number of carbonyl (C=O) groups is 1. The summed E-state index contributed by atoms with van der Waals surface area (Å²) in [4.78, 5) is 14.7. The molecule has 2 aromatic rings. The number of amides is 1. The predicted octanol–water partition coefficient (Wildman–Crippen LogP) is 3.70. The minimum Gasteiger partial charge on any atom is -0.489 e. The second-order valence-corrected chi connectivity index (χ2v) is 11.1. The van der Waals surface area contributed by atoms with Crippen LogP contribution in [0.3, 0.4) is 0 Å². The number of rotatable bonds is 3. The Morgan fingerprint density at radius 1 is 1.15 bits per heavy atom. The topological polar surface area (TPSA) is 75.7 Å². The molecule has 5 rings (SSSR count). The monoisotopic (exact) mass is 494 g/mol. The summed E-state index contributed by atoms with van der Waals surface area (Å²) in [5.41, 5.74) is 1.53. The summed E-state index contributed by atoms with van der Waals surface area (Å²) in [7, 11) is -4.19. The van der Waals surface area contributed by atoms with Gasteiger partial charge in [0.05, 0.1) is 19.1 Å². The van der Waals surface area contributed by atoms with E-state index >= 15 is 0 Å². The van der Waals surface area contributed by atoms with Crippen LogP contribution in [0.1, 0.15) is 37.7 Å². The number of halogens is 3. The summed E-state index contributed by atoms with van der Waals surface area (Å²) in [6.07, 6.45) is 1.21. The van der Waals surface area contributed by atoms with Gasteiger partial charge in [-0.3, -0.25) is 4.79 Å². The van der Waals surface area contributed by atoms with Crippen LogP contribution >= 0.6 is 0 Å². The van der Waals surface area contributed by atoms with Crippen LogP contribution in [0.5, 0.6) is 5.75 Å². The maximum absolute atomic E-state index is 14.5. The summed E-state index contributed by atoms with van der Waals surface area (Å²) >= 11 is 0. The summed E-state index contributed by atoms with van der Waals surface area (Å²) in [5, 5.41) is -2.24. The Hall–Kier alpha value is -2.59. The third kappa shape index (κ3) is 4.29. The molecular weight excluding hydrogens is 469 g/mol. The summed E-state index contributed by atoms with van der Waals surface area (Å²) in [5.74, 6) is -1.99. The van der Waals surface area contributed by atoms with E-state index < -0.39 is 38.7 Å². The molecule has 1 N–H and O–H groups in total. The van der Waals surface area contributed by atoms with Gasteiger partial charge >= 0.3 is 0 Å². The average Bonchev–Trinajstić information content (AvgIpc) is 3.55. The zero-order valence-electron chi connectivity index (χ0n) is 18.4. The SMILES string of the molecule is O=C1CCOc2c(F)cc(F)cc2-c2cccc(c2)CC2C(NS(=O)(=O)C3(F)CC3)CCCN12. The maximum atomic E-state index is 14.5. The minimum absolute atomic E-state index is 0.0335. The summed E-state index contributed by atoms with van der Waals surface area (Å²) in [6.45, 7) is 0.305. The van der Waals surface area contributed by atoms with Gasteiger partial charge in [0.1, 0.15) is 5.82 Å². The second kappa shape index (κ2) is 8.57. The molecule has 2 fully saturated rings. The average molecular weight is 495 g/mol. The van der Waals surface area contributed by atoms with Crippen LogP contribution in [0.15, 0.2) is 36.4 Å². The number of alkyl halides is 1. The Balaban J connectivity index is 1.54. The highest BCUT2D eigenvalue weighted by molar-refractivity contribution is 7.91. The fraction of sp³-hybridized carbons (Fsp3) is 0.458. The van der Waals surface area contributed by atoms with Crippen LogP contribution in [0.2, 0.25) is 0 Å². The van der Waals surface area contributed by atoms with Crippen molar-refractivity contribution >= 4 is 15.9 Å². The quantitative estimate of drug-likeness (QED) is 0.706. The first-order valence-corrected chi connectivity index (χ1v) is 12.9. The molecule has 2 heterocycles. The van der Waals surface area contributed by atoms with Crippen LogP contribution in [-0.4, -0.2) is 49.5 Å². The van der Waals surface area contributed by atoms with Crippen molar-refractivity contribution < 1.29 is 31.1 Å². The number of sulfonamides is 1. The summed E-state index contributed by atoms with van der Waals surface area (Å²) < 4.78 is 76.4. The molecule has 2 bridgehead atoms. The van der Waals surface area contributed by atoms with E-state index in [4.69, 9.17) is 4.74 Å². The third-order valence-corrected chi connectivity index (χ3v) is 8.77. The van der Waals surface area contributed by atoms with E-state index in [-0.39, 0.29) is 43.1 Å². The highest BCUT2D eigenvalue weighted by Gasteiger charge is 2.57. The van der Waals surface area contributed by atoms with Crippen molar-refractivity contribution in [2.75, 3.05) is 13.2 Å². The van der Waals surface area contributed by atoms with Gasteiger partial charge in [-0.2, -0.15) is 0 Å². The van der Waals surface area contributed by atoms with Crippen molar-refractivity contribution in [3.05, 3.63) is 53.6 Å². The molecule has 3 aliphatic rings. The van der Waals surface area contributed by atoms with Gasteiger partial charge in [-0.25, -0.2) is 26.3 Å². The molecule has 182 valence electrons. The standard InChI is InChI=1S/C24H25F3N2O4S/c25-17-13-18-16-4-1-3-15(11-16)12-21-20(28-34(31,32)24(27)7-8-24)5-2-9-29(21)22(30)6-10-33-23(18)19(26)14-17/h1,3-4,11,13-14,20-21,28H,2,5-10,12H2. The van der Waals surface area contributed by atoms with Crippen molar-refractivity contribution in [3.63, 3.8) is 0 Å². The number of nitrogens with zero attached hydrogens (tertiary/aromatic N) is 1. The molecule has 1 saturated carbocycles. The molecule has 34 heavy (non-hydrogen) atoms. The Labute approximate surface area is 196 Å². The Morgan fingerprint density at radius 3 is 2.71 bits per heavy atom. The van der Waals surface area contributed by atoms with E-state index in [0.29, 0.717) is 31.4 Å². The zero-order chi connectivity index (χ0) is 24.1. The van der Waals surface area contributed by atoms with E-state index in [2.05, 4.69) is 4.72 Å². The molecule has 6 nitrogen and oxygen atoms in total. The molecule has 0 spiro atoms. The number of hydrogen-bond donors (Lipinski definition) is 1. The first kappa shape index (κ1) is 23.2. The molecule has 0 radical (unpaired) electrons. The Kier molecular flexibility index (Phi) is 5.84. The number of ether oxygens (including phenoxy) is 1. The second-order valence-electron chi connectivity index (χ2n) is 9.17.